The third-order valence-corrected chi connectivity index (χ3v) is 11.0. The van der Waals surface area contributed by atoms with Crippen molar-refractivity contribution in [2.75, 3.05) is 0 Å². The lowest BCUT2D eigenvalue weighted by Crippen LogP contribution is -2.06. The number of fused-ring (bicyclic) bond motifs is 9. The van der Waals surface area contributed by atoms with E-state index in [1.54, 1.807) is 0 Å². The molecule has 0 aliphatic carbocycles. The molecule has 10 rings (SSSR count). The molecule has 0 spiro atoms. The largest absolute Gasteiger partial charge is 0.455 e. The second-order valence-corrected chi connectivity index (χ2v) is 13.4. The normalized spacial score (nSPS) is 12.0. The molecule has 2 aromatic heterocycles. The first-order valence-corrected chi connectivity index (χ1v) is 17.0. The van der Waals surface area contributed by atoms with Gasteiger partial charge in [-0.25, -0.2) is 0 Å². The Bertz CT molecular complexity index is 2690. The number of thiophene rings is 1. The van der Waals surface area contributed by atoms with Crippen LogP contribution in [-0.2, 0) is 0 Å². The summed E-state index contributed by atoms with van der Waals surface area (Å²) < 4.78 is 9.19. The van der Waals surface area contributed by atoms with Crippen LogP contribution in [0.2, 0.25) is 0 Å². The molecule has 0 saturated carbocycles. The summed E-state index contributed by atoms with van der Waals surface area (Å²) in [6.45, 7) is 0. The minimum atomic E-state index is 0.0749. The van der Waals surface area contributed by atoms with Crippen molar-refractivity contribution < 1.29 is 4.42 Å². The predicted octanol–water partition coefficient (Wildman–Crippen LogP) is 13.1. The van der Waals surface area contributed by atoms with Gasteiger partial charge in [-0.2, -0.15) is 0 Å². The summed E-state index contributed by atoms with van der Waals surface area (Å²) in [7, 11) is 0. The van der Waals surface area contributed by atoms with Gasteiger partial charge in [-0.1, -0.05) is 146 Å². The molecular formula is C45H28OS. The van der Waals surface area contributed by atoms with Crippen LogP contribution in [0.5, 0.6) is 0 Å². The fourth-order valence-corrected chi connectivity index (χ4v) is 9.05. The van der Waals surface area contributed by atoms with E-state index in [0.717, 1.165) is 21.9 Å². The van der Waals surface area contributed by atoms with E-state index in [1.807, 2.05) is 11.3 Å². The SMILES string of the molecule is c1ccc(C(c2ccccc2)c2c3ccccc3c(-c3cc4c5ccccc5oc4c4c3sc3ccccc34)c3ccccc23)cc1. The van der Waals surface area contributed by atoms with Crippen LogP contribution in [0.25, 0.3) is 74.8 Å². The first-order chi connectivity index (χ1) is 23.3. The van der Waals surface area contributed by atoms with E-state index in [-0.39, 0.29) is 5.92 Å². The van der Waals surface area contributed by atoms with Gasteiger partial charge in [-0.3, -0.25) is 0 Å². The number of benzene rings is 8. The summed E-state index contributed by atoms with van der Waals surface area (Å²) >= 11 is 1.87. The van der Waals surface area contributed by atoms with E-state index in [9.17, 15) is 0 Å². The van der Waals surface area contributed by atoms with Crippen LogP contribution in [0.3, 0.4) is 0 Å². The van der Waals surface area contributed by atoms with Crippen LogP contribution in [0.1, 0.15) is 22.6 Å². The Balaban J connectivity index is 1.40. The highest BCUT2D eigenvalue weighted by molar-refractivity contribution is 7.26. The van der Waals surface area contributed by atoms with Gasteiger partial charge in [0.15, 0.2) is 0 Å². The van der Waals surface area contributed by atoms with Crippen LogP contribution < -0.4 is 0 Å². The molecule has 0 bridgehead atoms. The molecule has 0 saturated heterocycles. The molecule has 10 aromatic rings. The minimum Gasteiger partial charge on any atom is -0.455 e. The first-order valence-electron chi connectivity index (χ1n) is 16.1. The van der Waals surface area contributed by atoms with Crippen LogP contribution in [0.15, 0.2) is 168 Å². The first kappa shape index (κ1) is 26.5. The molecule has 0 atom stereocenters. The number of para-hydroxylation sites is 1. The Kier molecular flexibility index (Phi) is 5.88. The third kappa shape index (κ3) is 3.95. The van der Waals surface area contributed by atoms with E-state index in [4.69, 9.17) is 4.42 Å². The molecular weight excluding hydrogens is 589 g/mol. The van der Waals surface area contributed by atoms with Crippen molar-refractivity contribution in [2.45, 2.75) is 5.92 Å². The van der Waals surface area contributed by atoms with Crippen molar-refractivity contribution in [3.8, 4) is 11.1 Å². The lowest BCUT2D eigenvalue weighted by molar-refractivity contribution is 0.673. The maximum Gasteiger partial charge on any atom is 0.144 e. The van der Waals surface area contributed by atoms with Gasteiger partial charge < -0.3 is 4.42 Å². The third-order valence-electron chi connectivity index (χ3n) is 9.79. The van der Waals surface area contributed by atoms with Crippen molar-refractivity contribution in [2.24, 2.45) is 0 Å². The van der Waals surface area contributed by atoms with Crippen LogP contribution >= 0.6 is 11.3 Å². The lowest BCUT2D eigenvalue weighted by Gasteiger charge is -2.25. The van der Waals surface area contributed by atoms with E-state index < -0.39 is 0 Å². The maximum atomic E-state index is 6.65. The molecule has 1 nitrogen and oxygen atoms in total. The van der Waals surface area contributed by atoms with Gasteiger partial charge in [0.1, 0.15) is 11.2 Å². The molecule has 0 aliphatic heterocycles. The Hall–Kier alpha value is -5.70. The Morgan fingerprint density at radius 3 is 1.60 bits per heavy atom. The monoisotopic (exact) mass is 616 g/mol. The van der Waals surface area contributed by atoms with Crippen LogP contribution in [-0.4, -0.2) is 0 Å². The van der Waals surface area contributed by atoms with Crippen LogP contribution in [0, 0.1) is 0 Å². The van der Waals surface area contributed by atoms with E-state index in [0.29, 0.717) is 0 Å². The van der Waals surface area contributed by atoms with Gasteiger partial charge in [0.2, 0.25) is 0 Å². The Labute approximate surface area is 275 Å². The summed E-state index contributed by atoms with van der Waals surface area (Å²) in [5.74, 6) is 0.0749. The Morgan fingerprint density at radius 2 is 0.957 bits per heavy atom. The minimum absolute atomic E-state index is 0.0749. The summed E-state index contributed by atoms with van der Waals surface area (Å²) in [5.41, 5.74) is 8.37. The average molecular weight is 617 g/mol. The smallest absolute Gasteiger partial charge is 0.144 e. The summed E-state index contributed by atoms with van der Waals surface area (Å²) in [4.78, 5) is 0. The van der Waals surface area contributed by atoms with Crippen molar-refractivity contribution >= 4 is 75.0 Å². The molecule has 0 amide bonds. The standard InChI is InChI=1S/C45H28OS/c1-3-15-28(16-4-1)40(29-17-5-2-6-18-29)42-33-22-9-7-20-31(33)41(32-21-8-10-23-34(32)42)37-27-36-30-19-11-13-25-38(30)46-44(36)43-35-24-12-14-26-39(35)47-45(37)43/h1-27,40H. The summed E-state index contributed by atoms with van der Waals surface area (Å²) in [6, 6.07) is 59.6. The zero-order valence-electron chi connectivity index (χ0n) is 25.5. The molecule has 2 heteroatoms. The molecule has 8 aromatic carbocycles. The topological polar surface area (TPSA) is 13.1 Å². The molecule has 0 unspecified atom stereocenters. The van der Waals surface area contributed by atoms with Crippen molar-refractivity contribution in [3.63, 3.8) is 0 Å². The second kappa shape index (κ2) is 10.4. The number of rotatable bonds is 4. The van der Waals surface area contributed by atoms with Crippen LogP contribution in [0.4, 0.5) is 0 Å². The second-order valence-electron chi connectivity index (χ2n) is 12.3. The molecule has 0 aliphatic rings. The highest BCUT2D eigenvalue weighted by Crippen LogP contribution is 2.51. The molecule has 220 valence electrons. The zero-order valence-corrected chi connectivity index (χ0v) is 26.3. The van der Waals surface area contributed by atoms with Gasteiger partial charge >= 0.3 is 0 Å². The average Bonchev–Trinajstić information content (AvgIpc) is 3.71. The fraction of sp³-hybridized carbons (Fsp3) is 0.0222. The highest BCUT2D eigenvalue weighted by Gasteiger charge is 2.26. The predicted molar refractivity (Wildman–Crippen MR) is 201 cm³/mol. The molecule has 0 radical (unpaired) electrons. The van der Waals surface area contributed by atoms with Crippen molar-refractivity contribution in [3.05, 3.63) is 180 Å². The zero-order chi connectivity index (χ0) is 30.9. The number of hydrogen-bond donors (Lipinski definition) is 0. The fourth-order valence-electron chi connectivity index (χ4n) is 7.83. The lowest BCUT2D eigenvalue weighted by atomic mass is 9.78. The molecule has 0 fully saturated rings. The van der Waals surface area contributed by atoms with Crippen molar-refractivity contribution in [1.29, 1.82) is 0 Å². The van der Waals surface area contributed by atoms with Gasteiger partial charge in [0, 0.05) is 42.4 Å². The van der Waals surface area contributed by atoms with Gasteiger partial charge in [-0.05, 0) is 62.0 Å². The van der Waals surface area contributed by atoms with Crippen molar-refractivity contribution in [1.82, 2.24) is 0 Å². The summed E-state index contributed by atoms with van der Waals surface area (Å²) in [5, 5.41) is 9.87. The molecule has 2 heterocycles. The Morgan fingerprint density at radius 1 is 0.447 bits per heavy atom. The van der Waals surface area contributed by atoms with E-state index >= 15 is 0 Å². The van der Waals surface area contributed by atoms with E-state index in [2.05, 4.69) is 164 Å². The molecule has 47 heavy (non-hydrogen) atoms. The maximum absolute atomic E-state index is 6.65. The highest BCUT2D eigenvalue weighted by atomic mass is 32.1. The number of hydrogen-bond acceptors (Lipinski definition) is 2. The van der Waals surface area contributed by atoms with Gasteiger partial charge in [0.05, 0.1) is 0 Å². The van der Waals surface area contributed by atoms with Gasteiger partial charge in [0.25, 0.3) is 0 Å². The molecule has 0 N–H and O–H groups in total. The number of furan rings is 1. The quantitative estimate of drug-likeness (QED) is 0.142. The van der Waals surface area contributed by atoms with E-state index in [1.165, 1.54) is 69.5 Å². The summed E-state index contributed by atoms with van der Waals surface area (Å²) in [6.07, 6.45) is 0. The van der Waals surface area contributed by atoms with Gasteiger partial charge in [-0.15, -0.1) is 11.3 Å².